The van der Waals surface area contributed by atoms with Gasteiger partial charge in [0, 0.05) is 5.56 Å². The van der Waals surface area contributed by atoms with Gasteiger partial charge in [-0.2, -0.15) is 0 Å². The van der Waals surface area contributed by atoms with Crippen LogP contribution in [0.5, 0.6) is 11.5 Å². The molecule has 0 radical (unpaired) electrons. The first-order valence-electron chi connectivity index (χ1n) is 10.5. The lowest BCUT2D eigenvalue weighted by Gasteiger charge is -2.16. The summed E-state index contributed by atoms with van der Waals surface area (Å²) in [5, 5.41) is 19.7. The van der Waals surface area contributed by atoms with Gasteiger partial charge in [0.25, 0.3) is 0 Å². The highest BCUT2D eigenvalue weighted by Gasteiger charge is 2.16. The normalized spacial score (nSPS) is 11.7. The van der Waals surface area contributed by atoms with Crippen LogP contribution in [0.1, 0.15) is 69.3 Å². The van der Waals surface area contributed by atoms with Gasteiger partial charge in [-0.25, -0.2) is 4.79 Å². The second-order valence-corrected chi connectivity index (χ2v) is 7.68. The number of hydrogen-bond acceptors (Lipinski definition) is 5. The third-order valence-electron chi connectivity index (χ3n) is 5.34. The minimum atomic E-state index is -0.989. The number of nitrogens with two attached hydrogens (primary N) is 1. The van der Waals surface area contributed by atoms with Crippen molar-refractivity contribution < 1.29 is 24.5 Å². The Balaban J connectivity index is 1.74. The third kappa shape index (κ3) is 5.15. The zero-order valence-corrected chi connectivity index (χ0v) is 18.2. The number of carboxylic acids is 1. The second-order valence-electron chi connectivity index (χ2n) is 7.68. The summed E-state index contributed by atoms with van der Waals surface area (Å²) in [6.45, 7) is 3.72. The van der Waals surface area contributed by atoms with Gasteiger partial charge in [-0.15, -0.1) is 0 Å². The van der Waals surface area contributed by atoms with Crippen molar-refractivity contribution >= 4 is 11.8 Å². The molecule has 3 aromatic carbocycles. The average Bonchev–Trinajstić information content (AvgIpc) is 2.79. The number of phenols is 1. The number of Topliss-reactive ketones (excluding diaryl/α,β-unsaturated/α-hetero) is 1. The van der Waals surface area contributed by atoms with Crippen LogP contribution in [-0.4, -0.2) is 22.0 Å². The van der Waals surface area contributed by atoms with E-state index in [9.17, 15) is 19.8 Å². The van der Waals surface area contributed by atoms with Gasteiger partial charge in [0.05, 0.1) is 17.2 Å². The fourth-order valence-electron chi connectivity index (χ4n) is 3.57. The Kier molecular flexibility index (Phi) is 7.28. The number of rotatable bonds is 9. The summed E-state index contributed by atoms with van der Waals surface area (Å²) in [5.41, 5.74) is 9.95. The molecule has 0 heterocycles. The molecule has 0 aliphatic carbocycles. The Morgan fingerprint density at radius 2 is 1.75 bits per heavy atom. The van der Waals surface area contributed by atoms with Crippen LogP contribution in [0.3, 0.4) is 0 Å². The zero-order valence-electron chi connectivity index (χ0n) is 18.2. The van der Waals surface area contributed by atoms with Crippen LogP contribution in [0, 0.1) is 0 Å². The van der Waals surface area contributed by atoms with Crippen LogP contribution in [-0.2, 0) is 13.0 Å². The van der Waals surface area contributed by atoms with E-state index in [0.717, 1.165) is 23.1 Å². The lowest BCUT2D eigenvalue weighted by molar-refractivity contribution is 0.0696. The Labute approximate surface area is 187 Å². The highest BCUT2D eigenvalue weighted by atomic mass is 16.5. The molecule has 4 N–H and O–H groups in total. The van der Waals surface area contributed by atoms with E-state index in [1.54, 1.807) is 30.3 Å². The van der Waals surface area contributed by atoms with Crippen molar-refractivity contribution in [3.8, 4) is 11.5 Å². The molecule has 6 heteroatoms. The van der Waals surface area contributed by atoms with E-state index in [-0.39, 0.29) is 17.1 Å². The summed E-state index contributed by atoms with van der Waals surface area (Å²) in [5.74, 6) is -0.633. The van der Waals surface area contributed by atoms with Crippen LogP contribution in [0.4, 0.5) is 0 Å². The van der Waals surface area contributed by atoms with E-state index < -0.39 is 12.0 Å². The van der Waals surface area contributed by atoms with Crippen molar-refractivity contribution in [3.63, 3.8) is 0 Å². The van der Waals surface area contributed by atoms with E-state index >= 15 is 0 Å². The molecule has 0 aromatic heterocycles. The minimum absolute atomic E-state index is 0.0123. The van der Waals surface area contributed by atoms with Crippen LogP contribution in [0.15, 0.2) is 60.7 Å². The number of carboxylic acid groups (broad SMARTS) is 1. The van der Waals surface area contributed by atoms with Gasteiger partial charge in [0.15, 0.2) is 5.78 Å². The van der Waals surface area contributed by atoms with Crippen molar-refractivity contribution in [3.05, 3.63) is 94.0 Å². The molecule has 1 unspecified atom stereocenters. The quantitative estimate of drug-likeness (QED) is 0.415. The number of aromatic hydroxyl groups is 1. The number of aromatic carboxylic acids is 1. The molecular formula is C26H27NO5. The SMILES string of the molecule is CCCc1c(OCc2ccc(C(N)c3cccc(C(=O)O)c3)cc2)ccc(C(C)=O)c1O. The fourth-order valence-corrected chi connectivity index (χ4v) is 3.57. The number of carbonyl (C=O) groups is 2. The lowest BCUT2D eigenvalue weighted by Crippen LogP contribution is -2.13. The van der Waals surface area contributed by atoms with Gasteiger partial charge in [0.1, 0.15) is 18.1 Å². The van der Waals surface area contributed by atoms with Gasteiger partial charge in [-0.3, -0.25) is 4.79 Å². The first-order chi connectivity index (χ1) is 15.3. The first kappa shape index (κ1) is 23.0. The summed E-state index contributed by atoms with van der Waals surface area (Å²) in [6.07, 6.45) is 1.41. The molecule has 3 aromatic rings. The number of hydrogen-bond donors (Lipinski definition) is 3. The molecule has 3 rings (SSSR count). The lowest BCUT2D eigenvalue weighted by atomic mass is 9.97. The fraction of sp³-hybridized carbons (Fsp3) is 0.231. The molecule has 0 amide bonds. The molecule has 1 atom stereocenters. The first-order valence-corrected chi connectivity index (χ1v) is 10.5. The summed E-state index contributed by atoms with van der Waals surface area (Å²) in [4.78, 5) is 22.9. The number of carbonyl (C=O) groups excluding carboxylic acids is 1. The Morgan fingerprint density at radius 1 is 1.03 bits per heavy atom. The van der Waals surface area contributed by atoms with E-state index in [4.69, 9.17) is 10.5 Å². The predicted molar refractivity (Wildman–Crippen MR) is 122 cm³/mol. The van der Waals surface area contributed by atoms with Crippen molar-refractivity contribution in [2.24, 2.45) is 5.73 Å². The van der Waals surface area contributed by atoms with Gasteiger partial charge in [-0.1, -0.05) is 49.7 Å². The van der Waals surface area contributed by atoms with Crippen LogP contribution < -0.4 is 10.5 Å². The van der Waals surface area contributed by atoms with Crippen molar-refractivity contribution in [1.29, 1.82) is 0 Å². The number of benzene rings is 3. The molecule has 0 spiro atoms. The molecule has 166 valence electrons. The summed E-state index contributed by atoms with van der Waals surface area (Å²) in [7, 11) is 0. The molecule has 0 saturated heterocycles. The smallest absolute Gasteiger partial charge is 0.335 e. The monoisotopic (exact) mass is 433 g/mol. The van der Waals surface area contributed by atoms with E-state index in [1.165, 1.54) is 13.0 Å². The molecule has 0 saturated carbocycles. The third-order valence-corrected chi connectivity index (χ3v) is 5.34. The van der Waals surface area contributed by atoms with Gasteiger partial charge in [-0.05, 0) is 54.3 Å². The summed E-state index contributed by atoms with van der Waals surface area (Å²) >= 11 is 0. The molecule has 0 bridgehead atoms. The minimum Gasteiger partial charge on any atom is -0.507 e. The van der Waals surface area contributed by atoms with E-state index in [1.807, 2.05) is 31.2 Å². The molecule has 0 fully saturated rings. The van der Waals surface area contributed by atoms with Crippen LogP contribution in [0.2, 0.25) is 0 Å². The second kappa shape index (κ2) is 10.1. The Morgan fingerprint density at radius 3 is 2.38 bits per heavy atom. The van der Waals surface area contributed by atoms with Crippen LogP contribution >= 0.6 is 0 Å². The topological polar surface area (TPSA) is 110 Å². The molecular weight excluding hydrogens is 406 g/mol. The number of phenolic OH excluding ortho intramolecular Hbond substituents is 1. The van der Waals surface area contributed by atoms with E-state index in [0.29, 0.717) is 29.9 Å². The predicted octanol–water partition coefficient (Wildman–Crippen LogP) is 4.87. The zero-order chi connectivity index (χ0) is 23.3. The van der Waals surface area contributed by atoms with Crippen molar-refractivity contribution in [2.45, 2.75) is 39.3 Å². The number of ether oxygens (including phenoxy) is 1. The van der Waals surface area contributed by atoms with Crippen molar-refractivity contribution in [1.82, 2.24) is 0 Å². The van der Waals surface area contributed by atoms with E-state index in [2.05, 4.69) is 0 Å². The maximum atomic E-state index is 11.7. The van der Waals surface area contributed by atoms with Gasteiger partial charge < -0.3 is 20.7 Å². The Bertz CT molecular complexity index is 1120. The van der Waals surface area contributed by atoms with Crippen molar-refractivity contribution in [2.75, 3.05) is 0 Å². The highest BCUT2D eigenvalue weighted by Crippen LogP contribution is 2.33. The average molecular weight is 434 g/mol. The molecule has 6 nitrogen and oxygen atoms in total. The van der Waals surface area contributed by atoms with Crippen LogP contribution in [0.25, 0.3) is 0 Å². The highest BCUT2D eigenvalue weighted by molar-refractivity contribution is 5.97. The van der Waals surface area contributed by atoms with Gasteiger partial charge >= 0.3 is 5.97 Å². The standard InChI is InChI=1S/C26H27NO5/c1-3-5-22-23(13-12-21(16(2)28)25(22)29)32-15-17-8-10-18(11-9-17)24(27)19-6-4-7-20(14-19)26(30)31/h4,6-14,24,29H,3,5,15,27H2,1-2H3,(H,30,31). The maximum Gasteiger partial charge on any atom is 0.335 e. The summed E-state index contributed by atoms with van der Waals surface area (Å²) < 4.78 is 5.95. The Hall–Kier alpha value is -3.64. The maximum absolute atomic E-state index is 11.7. The molecule has 0 aliphatic heterocycles. The molecule has 0 aliphatic rings. The number of ketones is 1. The largest absolute Gasteiger partial charge is 0.507 e. The summed E-state index contributed by atoms with van der Waals surface area (Å²) in [6, 6.07) is 17.0. The molecule has 32 heavy (non-hydrogen) atoms. The van der Waals surface area contributed by atoms with Gasteiger partial charge in [0.2, 0.25) is 0 Å².